The highest BCUT2D eigenvalue weighted by molar-refractivity contribution is 6.31. The first-order chi connectivity index (χ1) is 11.4. The van der Waals surface area contributed by atoms with Gasteiger partial charge < -0.3 is 11.1 Å². The molecular formula is C19H31Cl2N3O. The Labute approximate surface area is 162 Å². The Balaban J connectivity index is 0.00000312. The molecule has 0 aliphatic carbocycles. The van der Waals surface area contributed by atoms with Gasteiger partial charge in [-0.05, 0) is 56.8 Å². The van der Waals surface area contributed by atoms with Crippen LogP contribution < -0.4 is 11.1 Å². The third-order valence-electron chi connectivity index (χ3n) is 4.90. The SMILES string of the molecule is CCCC(C)(N)C(=O)NCC1CCN(Cc2ccccc2Cl)CC1.Cl. The average molecular weight is 388 g/mol. The van der Waals surface area contributed by atoms with Crippen LogP contribution >= 0.6 is 24.0 Å². The van der Waals surface area contributed by atoms with Crippen molar-refractivity contribution in [3.05, 3.63) is 34.9 Å². The molecular weight excluding hydrogens is 357 g/mol. The van der Waals surface area contributed by atoms with Gasteiger partial charge in [-0.2, -0.15) is 0 Å². The zero-order chi connectivity index (χ0) is 17.6. The molecule has 0 aromatic heterocycles. The van der Waals surface area contributed by atoms with Gasteiger partial charge in [-0.3, -0.25) is 9.69 Å². The lowest BCUT2D eigenvalue weighted by Crippen LogP contribution is -2.52. The van der Waals surface area contributed by atoms with E-state index in [0.717, 1.165) is 56.9 Å². The summed E-state index contributed by atoms with van der Waals surface area (Å²) in [6.07, 6.45) is 3.83. The van der Waals surface area contributed by atoms with Crippen LogP contribution in [0.5, 0.6) is 0 Å². The van der Waals surface area contributed by atoms with Crippen LogP contribution in [-0.2, 0) is 11.3 Å². The molecule has 0 saturated carbocycles. The van der Waals surface area contributed by atoms with Gasteiger partial charge in [0.25, 0.3) is 0 Å². The number of halogens is 2. The van der Waals surface area contributed by atoms with Crippen molar-refractivity contribution in [1.82, 2.24) is 10.2 Å². The Morgan fingerprint density at radius 1 is 1.36 bits per heavy atom. The fourth-order valence-electron chi connectivity index (χ4n) is 3.29. The molecule has 0 bridgehead atoms. The molecule has 0 spiro atoms. The number of hydrogen-bond donors (Lipinski definition) is 2. The van der Waals surface area contributed by atoms with Crippen molar-refractivity contribution < 1.29 is 4.79 Å². The first-order valence-corrected chi connectivity index (χ1v) is 9.33. The van der Waals surface area contributed by atoms with Crippen LogP contribution in [0.25, 0.3) is 0 Å². The predicted molar refractivity (Wildman–Crippen MR) is 107 cm³/mol. The average Bonchev–Trinajstić information content (AvgIpc) is 2.56. The number of hydrogen-bond acceptors (Lipinski definition) is 3. The molecule has 3 N–H and O–H groups in total. The largest absolute Gasteiger partial charge is 0.354 e. The number of nitrogens with one attached hydrogen (secondary N) is 1. The van der Waals surface area contributed by atoms with Crippen LogP contribution in [0.2, 0.25) is 5.02 Å². The Morgan fingerprint density at radius 2 is 2.00 bits per heavy atom. The third kappa shape index (κ3) is 6.78. The van der Waals surface area contributed by atoms with Crippen molar-refractivity contribution in [1.29, 1.82) is 0 Å². The molecule has 4 nitrogen and oxygen atoms in total. The van der Waals surface area contributed by atoms with Gasteiger partial charge in [-0.15, -0.1) is 12.4 Å². The molecule has 1 aliphatic rings. The van der Waals surface area contributed by atoms with Crippen molar-refractivity contribution in [2.45, 2.75) is 51.6 Å². The van der Waals surface area contributed by atoms with Gasteiger partial charge in [0.1, 0.15) is 0 Å². The molecule has 1 aromatic rings. The highest BCUT2D eigenvalue weighted by Gasteiger charge is 2.28. The van der Waals surface area contributed by atoms with Crippen molar-refractivity contribution in [2.75, 3.05) is 19.6 Å². The van der Waals surface area contributed by atoms with Crippen LogP contribution in [0.4, 0.5) is 0 Å². The van der Waals surface area contributed by atoms with E-state index in [9.17, 15) is 4.79 Å². The van der Waals surface area contributed by atoms with Gasteiger partial charge in [0, 0.05) is 18.1 Å². The number of benzene rings is 1. The first kappa shape index (κ1) is 22.2. The van der Waals surface area contributed by atoms with Crippen molar-refractivity contribution >= 4 is 29.9 Å². The molecule has 1 saturated heterocycles. The molecule has 1 fully saturated rings. The molecule has 1 aromatic carbocycles. The van der Waals surface area contributed by atoms with Gasteiger partial charge in [0.2, 0.25) is 5.91 Å². The normalized spacial score (nSPS) is 18.2. The number of nitrogens with zero attached hydrogens (tertiary/aromatic N) is 1. The summed E-state index contributed by atoms with van der Waals surface area (Å²) < 4.78 is 0. The fraction of sp³-hybridized carbons (Fsp3) is 0.632. The minimum Gasteiger partial charge on any atom is -0.354 e. The summed E-state index contributed by atoms with van der Waals surface area (Å²) >= 11 is 6.24. The number of carbonyl (C=O) groups is 1. The maximum Gasteiger partial charge on any atom is 0.239 e. The van der Waals surface area contributed by atoms with Gasteiger partial charge in [0.15, 0.2) is 0 Å². The summed E-state index contributed by atoms with van der Waals surface area (Å²) in [6, 6.07) is 8.03. The molecule has 1 aliphatic heterocycles. The second-order valence-corrected chi connectivity index (χ2v) is 7.60. The van der Waals surface area contributed by atoms with E-state index >= 15 is 0 Å². The number of amides is 1. The van der Waals surface area contributed by atoms with E-state index in [4.69, 9.17) is 17.3 Å². The Bertz CT molecular complexity index is 543. The second kappa shape index (κ2) is 10.4. The lowest BCUT2D eigenvalue weighted by Gasteiger charge is -2.33. The van der Waals surface area contributed by atoms with E-state index in [-0.39, 0.29) is 18.3 Å². The summed E-state index contributed by atoms with van der Waals surface area (Å²) in [7, 11) is 0. The van der Waals surface area contributed by atoms with Crippen LogP contribution in [0.3, 0.4) is 0 Å². The highest BCUT2D eigenvalue weighted by Crippen LogP contribution is 2.22. The lowest BCUT2D eigenvalue weighted by molar-refractivity contribution is -0.126. The van der Waals surface area contributed by atoms with Gasteiger partial charge in [0.05, 0.1) is 5.54 Å². The molecule has 1 amide bonds. The van der Waals surface area contributed by atoms with Crippen LogP contribution in [-0.4, -0.2) is 36.0 Å². The highest BCUT2D eigenvalue weighted by atomic mass is 35.5. The summed E-state index contributed by atoms with van der Waals surface area (Å²) in [5, 5.41) is 3.89. The molecule has 6 heteroatoms. The summed E-state index contributed by atoms with van der Waals surface area (Å²) in [6.45, 7) is 7.58. The third-order valence-corrected chi connectivity index (χ3v) is 5.27. The Morgan fingerprint density at radius 3 is 2.60 bits per heavy atom. The van der Waals surface area contributed by atoms with E-state index in [0.29, 0.717) is 5.92 Å². The number of rotatable bonds is 7. The van der Waals surface area contributed by atoms with Gasteiger partial charge in [-0.1, -0.05) is 43.1 Å². The standard InChI is InChI=1S/C19H30ClN3O.ClH/c1-3-10-19(2,21)18(24)22-13-15-8-11-23(12-9-15)14-16-6-4-5-7-17(16)20;/h4-7,15H,3,8-14,21H2,1-2H3,(H,22,24);1H. The molecule has 1 unspecified atom stereocenters. The van der Waals surface area contributed by atoms with Gasteiger partial charge >= 0.3 is 0 Å². The zero-order valence-electron chi connectivity index (χ0n) is 15.3. The molecule has 1 heterocycles. The molecule has 2 rings (SSSR count). The molecule has 142 valence electrons. The fourth-order valence-corrected chi connectivity index (χ4v) is 3.48. The van der Waals surface area contributed by atoms with Crippen LogP contribution in [0, 0.1) is 5.92 Å². The van der Waals surface area contributed by atoms with Crippen molar-refractivity contribution in [2.24, 2.45) is 11.7 Å². The number of nitrogens with two attached hydrogens (primary N) is 1. The second-order valence-electron chi connectivity index (χ2n) is 7.19. The molecule has 25 heavy (non-hydrogen) atoms. The molecule has 0 radical (unpaired) electrons. The van der Waals surface area contributed by atoms with E-state index in [2.05, 4.69) is 16.3 Å². The van der Waals surface area contributed by atoms with E-state index in [1.807, 2.05) is 32.0 Å². The summed E-state index contributed by atoms with van der Waals surface area (Å²) in [4.78, 5) is 14.6. The Hall–Kier alpha value is -0.810. The monoisotopic (exact) mass is 387 g/mol. The zero-order valence-corrected chi connectivity index (χ0v) is 16.8. The maximum absolute atomic E-state index is 12.2. The van der Waals surface area contributed by atoms with E-state index in [1.165, 1.54) is 5.56 Å². The lowest BCUT2D eigenvalue weighted by atomic mass is 9.94. The quantitative estimate of drug-likeness (QED) is 0.750. The maximum atomic E-state index is 12.2. The summed E-state index contributed by atoms with van der Waals surface area (Å²) in [5.74, 6) is 0.511. The predicted octanol–water partition coefficient (Wildman–Crippen LogP) is 3.61. The molecule has 1 atom stereocenters. The number of carbonyl (C=O) groups excluding carboxylic acids is 1. The minimum absolute atomic E-state index is 0. The first-order valence-electron chi connectivity index (χ1n) is 8.95. The van der Waals surface area contributed by atoms with Crippen LogP contribution in [0.1, 0.15) is 45.1 Å². The van der Waals surface area contributed by atoms with E-state index < -0.39 is 5.54 Å². The minimum atomic E-state index is -0.750. The van der Waals surface area contributed by atoms with Gasteiger partial charge in [-0.25, -0.2) is 0 Å². The van der Waals surface area contributed by atoms with Crippen LogP contribution in [0.15, 0.2) is 24.3 Å². The summed E-state index contributed by atoms with van der Waals surface area (Å²) in [5.41, 5.74) is 6.51. The smallest absolute Gasteiger partial charge is 0.239 e. The Kier molecular flexibility index (Phi) is 9.22. The number of likely N-dealkylation sites (tertiary alicyclic amines) is 1. The van der Waals surface area contributed by atoms with Crippen molar-refractivity contribution in [3.63, 3.8) is 0 Å². The van der Waals surface area contributed by atoms with Crippen molar-refractivity contribution in [3.8, 4) is 0 Å². The van der Waals surface area contributed by atoms with E-state index in [1.54, 1.807) is 0 Å². The number of piperidine rings is 1. The topological polar surface area (TPSA) is 58.4 Å².